The lowest BCUT2D eigenvalue weighted by atomic mass is 10.0. The van der Waals surface area contributed by atoms with Gasteiger partial charge in [-0.2, -0.15) is 22.0 Å². The highest BCUT2D eigenvalue weighted by Gasteiger charge is 2.34. The van der Waals surface area contributed by atoms with Crippen LogP contribution in [0, 0.1) is 0 Å². The zero-order valence-electron chi connectivity index (χ0n) is 21.3. The van der Waals surface area contributed by atoms with Gasteiger partial charge >= 0.3 is 24.2 Å². The highest BCUT2D eigenvalue weighted by atomic mass is 19.4. The highest BCUT2D eigenvalue weighted by molar-refractivity contribution is 5.92. The molecule has 0 fully saturated rings. The van der Waals surface area contributed by atoms with Gasteiger partial charge in [-0.25, -0.2) is 9.59 Å². The van der Waals surface area contributed by atoms with Gasteiger partial charge in [0.2, 0.25) is 0 Å². The maximum Gasteiger partial charge on any atom is 0.426 e. The first-order valence-electron chi connectivity index (χ1n) is 12.0. The number of halogens is 5. The second-order valence-corrected chi connectivity index (χ2v) is 8.62. The van der Waals surface area contributed by atoms with Gasteiger partial charge in [-0.05, 0) is 65.7 Å². The van der Waals surface area contributed by atoms with Crippen molar-refractivity contribution in [2.45, 2.75) is 25.1 Å². The lowest BCUT2D eigenvalue weighted by Crippen LogP contribution is -2.21. The van der Waals surface area contributed by atoms with Crippen LogP contribution in [0.4, 0.5) is 33.3 Å². The number of aromatic carboxylic acids is 1. The minimum Gasteiger partial charge on any atom is -0.493 e. The zero-order chi connectivity index (χ0) is 30.2. The molecule has 8 nitrogen and oxygen atoms in total. The molecule has 218 valence electrons. The number of alkyl halides is 5. The normalized spacial score (nSPS) is 11.8. The van der Waals surface area contributed by atoms with Gasteiger partial charge < -0.3 is 30.8 Å². The molecule has 0 saturated heterocycles. The summed E-state index contributed by atoms with van der Waals surface area (Å²) in [7, 11) is 0. The summed E-state index contributed by atoms with van der Waals surface area (Å²) in [5.74, 6) is -2.13. The number of rotatable bonds is 12. The number of benzene rings is 3. The molecule has 3 aromatic carbocycles. The molecule has 0 amide bonds. The number of hydrogen-bond donors (Lipinski definition) is 3. The molecule has 3 rings (SSSR count). The van der Waals surface area contributed by atoms with Crippen LogP contribution in [0.1, 0.15) is 33.5 Å². The van der Waals surface area contributed by atoms with Crippen molar-refractivity contribution >= 4 is 29.4 Å². The summed E-state index contributed by atoms with van der Waals surface area (Å²) in [5, 5.41) is 9.32. The highest BCUT2D eigenvalue weighted by Crippen LogP contribution is 2.33. The fraction of sp³-hybridized carbons (Fsp3) is 0.214. The van der Waals surface area contributed by atoms with Crippen LogP contribution in [-0.4, -0.2) is 36.4 Å². The quantitative estimate of drug-likeness (QED) is 0.106. The van der Waals surface area contributed by atoms with Gasteiger partial charge in [-0.1, -0.05) is 12.1 Å². The summed E-state index contributed by atoms with van der Waals surface area (Å²) in [5.41, 5.74) is 11.9. The maximum atomic E-state index is 14.6. The Bertz CT molecular complexity index is 1390. The summed E-state index contributed by atoms with van der Waals surface area (Å²) < 4.78 is 80.5. The molecule has 41 heavy (non-hydrogen) atoms. The maximum absolute atomic E-state index is 14.6. The molecule has 0 aliphatic rings. The molecule has 13 heteroatoms. The predicted molar refractivity (Wildman–Crippen MR) is 139 cm³/mol. The molecule has 0 unspecified atom stereocenters. The van der Waals surface area contributed by atoms with Crippen molar-refractivity contribution in [1.82, 2.24) is 0 Å². The van der Waals surface area contributed by atoms with Gasteiger partial charge in [0.1, 0.15) is 11.5 Å². The van der Waals surface area contributed by atoms with Gasteiger partial charge in [0.15, 0.2) is 0 Å². The van der Waals surface area contributed by atoms with Crippen LogP contribution in [0.25, 0.3) is 6.08 Å². The van der Waals surface area contributed by atoms with E-state index in [1.54, 1.807) is 0 Å². The average Bonchev–Trinajstić information content (AvgIpc) is 2.88. The van der Waals surface area contributed by atoms with Gasteiger partial charge in [-0.15, -0.1) is 0 Å². The Balaban J connectivity index is 1.51. The summed E-state index contributed by atoms with van der Waals surface area (Å²) in [6.07, 6.45) is -6.79. The number of hydrogen-bond acceptors (Lipinski definition) is 7. The van der Waals surface area contributed by atoms with E-state index in [9.17, 15) is 36.6 Å². The fourth-order valence-corrected chi connectivity index (χ4v) is 3.54. The molecule has 0 bridgehead atoms. The molecule has 0 saturated carbocycles. The monoisotopic (exact) mass is 580 g/mol. The van der Waals surface area contributed by atoms with E-state index in [1.165, 1.54) is 42.5 Å². The van der Waals surface area contributed by atoms with Crippen molar-refractivity contribution in [3.63, 3.8) is 0 Å². The third-order valence-electron chi connectivity index (χ3n) is 5.52. The Morgan fingerprint density at radius 3 is 2.12 bits per heavy atom. The number of carbonyl (C=O) groups is 2. The summed E-state index contributed by atoms with van der Waals surface area (Å²) >= 11 is 0. The SMILES string of the molecule is Nc1cc(N)c(CCOC(=O)C=Cc2ccc(OC(F)(F)c3ccc(OCCC(F)(F)F)cc3)cc2)c(C(=O)O)c1. The molecule has 0 heterocycles. The largest absolute Gasteiger partial charge is 0.493 e. The van der Waals surface area contributed by atoms with Crippen molar-refractivity contribution in [2.75, 3.05) is 24.7 Å². The number of esters is 1. The number of carboxylic acids is 1. The van der Waals surface area contributed by atoms with E-state index in [4.69, 9.17) is 25.7 Å². The molecule has 0 aliphatic heterocycles. The Kier molecular flexibility index (Phi) is 9.76. The molecule has 0 radical (unpaired) electrons. The molecular weight excluding hydrogens is 555 g/mol. The first-order chi connectivity index (χ1) is 19.2. The topological polar surface area (TPSA) is 134 Å². The molecular formula is C28H25F5N2O6. The first kappa shape index (κ1) is 30.7. The number of ether oxygens (including phenoxy) is 3. The van der Waals surface area contributed by atoms with Crippen LogP contribution >= 0.6 is 0 Å². The summed E-state index contributed by atoms with van der Waals surface area (Å²) in [4.78, 5) is 23.5. The first-order valence-corrected chi connectivity index (χ1v) is 12.0. The average molecular weight is 581 g/mol. The van der Waals surface area contributed by atoms with E-state index in [0.717, 1.165) is 30.3 Å². The fourth-order valence-electron chi connectivity index (χ4n) is 3.54. The summed E-state index contributed by atoms with van der Waals surface area (Å²) in [6.45, 7) is -0.791. The third-order valence-corrected chi connectivity index (χ3v) is 5.52. The van der Waals surface area contributed by atoms with E-state index in [2.05, 4.69) is 0 Å². The second-order valence-electron chi connectivity index (χ2n) is 8.62. The van der Waals surface area contributed by atoms with E-state index in [0.29, 0.717) is 5.56 Å². The lowest BCUT2D eigenvalue weighted by molar-refractivity contribution is -0.185. The third kappa shape index (κ3) is 9.41. The van der Waals surface area contributed by atoms with Crippen LogP contribution in [0.15, 0.2) is 66.7 Å². The van der Waals surface area contributed by atoms with Crippen molar-refractivity contribution in [2.24, 2.45) is 0 Å². The Hall–Kier alpha value is -4.81. The van der Waals surface area contributed by atoms with Crippen LogP contribution in [-0.2, 0) is 22.1 Å². The van der Waals surface area contributed by atoms with E-state index in [-0.39, 0.29) is 47.0 Å². The smallest absolute Gasteiger partial charge is 0.426 e. The van der Waals surface area contributed by atoms with E-state index < -0.39 is 42.8 Å². The minimum atomic E-state index is -4.39. The molecule has 0 spiro atoms. The van der Waals surface area contributed by atoms with E-state index >= 15 is 0 Å². The molecule has 3 aromatic rings. The zero-order valence-corrected chi connectivity index (χ0v) is 21.3. The van der Waals surface area contributed by atoms with Crippen molar-refractivity contribution in [3.05, 3.63) is 89.0 Å². The van der Waals surface area contributed by atoms with Gasteiger partial charge in [0, 0.05) is 23.9 Å². The standard InChI is InChI=1S/C28H25F5N2O6/c29-27(30,31)12-14-39-20-8-4-18(5-9-20)28(32,33)41-21-6-1-17(2-7-21)3-10-25(36)40-13-11-22-23(26(37)38)15-19(34)16-24(22)35/h1-10,15-16H,11-14,34-35H2,(H,37,38). The Morgan fingerprint density at radius 1 is 0.878 bits per heavy atom. The van der Waals surface area contributed by atoms with Crippen molar-refractivity contribution < 1.29 is 50.9 Å². The van der Waals surface area contributed by atoms with Gasteiger partial charge in [0.05, 0.1) is 30.8 Å². The second kappa shape index (κ2) is 13.0. The van der Waals surface area contributed by atoms with Gasteiger partial charge in [-0.3, -0.25) is 0 Å². The van der Waals surface area contributed by atoms with Crippen molar-refractivity contribution in [1.29, 1.82) is 0 Å². The Labute approximate surface area is 230 Å². The molecule has 0 atom stereocenters. The minimum absolute atomic E-state index is 0.00265. The van der Waals surface area contributed by atoms with Crippen LogP contribution < -0.4 is 20.9 Å². The van der Waals surface area contributed by atoms with Crippen LogP contribution in [0.2, 0.25) is 0 Å². The van der Waals surface area contributed by atoms with Crippen LogP contribution in [0.3, 0.4) is 0 Å². The lowest BCUT2D eigenvalue weighted by Gasteiger charge is -2.18. The molecule has 5 N–H and O–H groups in total. The molecule has 0 aromatic heterocycles. The number of carbonyl (C=O) groups excluding carboxylic acids is 1. The van der Waals surface area contributed by atoms with E-state index in [1.807, 2.05) is 0 Å². The van der Waals surface area contributed by atoms with Crippen molar-refractivity contribution in [3.8, 4) is 11.5 Å². The number of nitrogen functional groups attached to an aromatic ring is 2. The number of nitrogens with two attached hydrogens (primary N) is 2. The Morgan fingerprint density at radius 2 is 1.51 bits per heavy atom. The predicted octanol–water partition coefficient (Wildman–Crippen LogP) is 5.81. The number of anilines is 2. The number of carboxylic acid groups (broad SMARTS) is 1. The summed E-state index contributed by atoms with van der Waals surface area (Å²) in [6, 6.07) is 12.2. The van der Waals surface area contributed by atoms with Gasteiger partial charge in [0.25, 0.3) is 0 Å². The van der Waals surface area contributed by atoms with Crippen LogP contribution in [0.5, 0.6) is 11.5 Å². The molecule has 0 aliphatic carbocycles.